The first kappa shape index (κ1) is 9.15. The van der Waals surface area contributed by atoms with E-state index in [-0.39, 0.29) is 11.6 Å². The number of fused-ring (bicyclic) bond motifs is 1. The van der Waals surface area contributed by atoms with Crippen LogP contribution in [0.25, 0.3) is 0 Å². The zero-order valence-corrected chi connectivity index (χ0v) is 7.46. The summed E-state index contributed by atoms with van der Waals surface area (Å²) in [5.41, 5.74) is 6.79. The predicted octanol–water partition coefficient (Wildman–Crippen LogP) is 1.47. The van der Waals surface area contributed by atoms with Gasteiger partial charge in [0, 0.05) is 6.04 Å². The molecule has 0 unspecified atom stereocenters. The minimum Gasteiger partial charge on any atom is -0.478 e. The van der Waals surface area contributed by atoms with E-state index in [1.54, 1.807) is 6.07 Å². The number of hydrogen-bond acceptors (Lipinski definition) is 2. The van der Waals surface area contributed by atoms with Crippen molar-refractivity contribution < 1.29 is 14.3 Å². The summed E-state index contributed by atoms with van der Waals surface area (Å²) in [6.45, 7) is 0. The van der Waals surface area contributed by atoms with Crippen LogP contribution < -0.4 is 5.73 Å². The van der Waals surface area contributed by atoms with Crippen molar-refractivity contribution in [2.24, 2.45) is 5.73 Å². The van der Waals surface area contributed by atoms with Crippen molar-refractivity contribution in [3.8, 4) is 0 Å². The quantitative estimate of drug-likeness (QED) is 0.713. The molecule has 0 amide bonds. The van der Waals surface area contributed by atoms with Gasteiger partial charge in [0.2, 0.25) is 0 Å². The molecule has 0 aliphatic heterocycles. The third-order valence-electron chi connectivity index (χ3n) is 2.59. The maximum Gasteiger partial charge on any atom is 0.339 e. The molecule has 1 aromatic rings. The van der Waals surface area contributed by atoms with Crippen LogP contribution in [0.5, 0.6) is 0 Å². The van der Waals surface area contributed by atoms with Gasteiger partial charge in [0.25, 0.3) is 0 Å². The topological polar surface area (TPSA) is 63.3 Å². The minimum absolute atomic E-state index is 0.257. The first-order valence-corrected chi connectivity index (χ1v) is 4.41. The van der Waals surface area contributed by atoms with Gasteiger partial charge in [-0.25, -0.2) is 9.18 Å². The van der Waals surface area contributed by atoms with E-state index >= 15 is 0 Å². The van der Waals surface area contributed by atoms with E-state index in [0.29, 0.717) is 12.0 Å². The largest absolute Gasteiger partial charge is 0.478 e. The van der Waals surface area contributed by atoms with Crippen molar-refractivity contribution in [2.45, 2.75) is 18.9 Å². The third-order valence-corrected chi connectivity index (χ3v) is 2.59. The van der Waals surface area contributed by atoms with Gasteiger partial charge in [-0.05, 0) is 30.0 Å². The van der Waals surface area contributed by atoms with Gasteiger partial charge < -0.3 is 10.8 Å². The Bertz CT molecular complexity index is 403. The first-order valence-electron chi connectivity index (χ1n) is 4.41. The van der Waals surface area contributed by atoms with Crippen LogP contribution in [0.15, 0.2) is 12.1 Å². The Kier molecular flexibility index (Phi) is 2.00. The van der Waals surface area contributed by atoms with Crippen LogP contribution in [-0.4, -0.2) is 11.1 Å². The van der Waals surface area contributed by atoms with Gasteiger partial charge in [0.05, 0.1) is 0 Å². The average Bonchev–Trinajstić information content (AvgIpc) is 2.47. The molecule has 1 aromatic carbocycles. The van der Waals surface area contributed by atoms with Crippen molar-refractivity contribution in [1.82, 2.24) is 0 Å². The average molecular weight is 195 g/mol. The number of rotatable bonds is 1. The Balaban J connectivity index is 2.68. The van der Waals surface area contributed by atoms with Gasteiger partial charge in [-0.3, -0.25) is 0 Å². The molecule has 0 radical (unpaired) electrons. The molecule has 0 spiro atoms. The van der Waals surface area contributed by atoms with Gasteiger partial charge in [-0.15, -0.1) is 0 Å². The molecular weight excluding hydrogens is 185 g/mol. The number of carbonyl (C=O) groups is 1. The minimum atomic E-state index is -1.24. The molecule has 14 heavy (non-hydrogen) atoms. The summed E-state index contributed by atoms with van der Waals surface area (Å²) >= 11 is 0. The SMILES string of the molecule is N[C@H]1CCc2ccc(F)c(C(=O)O)c21. The standard InChI is InChI=1S/C10H10FNO2/c11-6-3-1-5-2-4-7(12)8(5)9(6)10(13)14/h1,3,7H,2,4,12H2,(H,13,14)/t7-/m0/s1. The second kappa shape index (κ2) is 3.06. The van der Waals surface area contributed by atoms with E-state index in [1.807, 2.05) is 0 Å². The Labute approximate surface area is 80.3 Å². The molecule has 3 N–H and O–H groups in total. The Hall–Kier alpha value is -1.42. The smallest absolute Gasteiger partial charge is 0.339 e. The molecule has 3 nitrogen and oxygen atoms in total. The molecule has 0 saturated heterocycles. The third kappa shape index (κ3) is 1.19. The summed E-state index contributed by atoms with van der Waals surface area (Å²) in [6, 6.07) is 2.47. The molecule has 0 bridgehead atoms. The lowest BCUT2D eigenvalue weighted by Gasteiger charge is -2.09. The molecule has 1 aliphatic rings. The van der Waals surface area contributed by atoms with Gasteiger partial charge in [-0.2, -0.15) is 0 Å². The lowest BCUT2D eigenvalue weighted by atomic mass is 10.0. The fourth-order valence-corrected chi connectivity index (χ4v) is 1.95. The van der Waals surface area contributed by atoms with Crippen molar-refractivity contribution in [1.29, 1.82) is 0 Å². The van der Waals surface area contributed by atoms with Crippen molar-refractivity contribution in [3.05, 3.63) is 34.6 Å². The zero-order valence-electron chi connectivity index (χ0n) is 7.46. The number of hydrogen-bond donors (Lipinski definition) is 2. The number of carboxylic acids is 1. The second-order valence-electron chi connectivity index (χ2n) is 3.45. The number of carboxylic acid groups (broad SMARTS) is 1. The summed E-state index contributed by atoms with van der Waals surface area (Å²) in [4.78, 5) is 10.8. The monoisotopic (exact) mass is 195 g/mol. The van der Waals surface area contributed by atoms with E-state index in [0.717, 1.165) is 12.0 Å². The number of benzene rings is 1. The molecule has 0 heterocycles. The number of aromatic carboxylic acids is 1. The predicted molar refractivity (Wildman–Crippen MR) is 48.6 cm³/mol. The highest BCUT2D eigenvalue weighted by molar-refractivity contribution is 5.90. The second-order valence-corrected chi connectivity index (χ2v) is 3.45. The molecule has 0 aromatic heterocycles. The van der Waals surface area contributed by atoms with Crippen LogP contribution in [0.3, 0.4) is 0 Å². The van der Waals surface area contributed by atoms with Crippen molar-refractivity contribution >= 4 is 5.97 Å². The maximum absolute atomic E-state index is 13.2. The van der Waals surface area contributed by atoms with Crippen LogP contribution in [-0.2, 0) is 6.42 Å². The molecular formula is C10H10FNO2. The summed E-state index contributed by atoms with van der Waals surface area (Å²) in [5, 5.41) is 8.85. The lowest BCUT2D eigenvalue weighted by molar-refractivity contribution is 0.0690. The number of halogens is 1. The molecule has 4 heteroatoms. The first-order chi connectivity index (χ1) is 6.61. The molecule has 0 fully saturated rings. The summed E-state index contributed by atoms with van der Waals surface area (Å²) in [6.07, 6.45) is 1.43. The van der Waals surface area contributed by atoms with E-state index < -0.39 is 11.8 Å². The van der Waals surface area contributed by atoms with E-state index in [4.69, 9.17) is 10.8 Å². The van der Waals surface area contributed by atoms with Crippen LogP contribution in [0.2, 0.25) is 0 Å². The van der Waals surface area contributed by atoms with E-state index in [9.17, 15) is 9.18 Å². The molecule has 74 valence electrons. The van der Waals surface area contributed by atoms with Gasteiger partial charge in [0.15, 0.2) is 0 Å². The van der Waals surface area contributed by atoms with Crippen LogP contribution in [0, 0.1) is 5.82 Å². The summed E-state index contributed by atoms with van der Waals surface area (Å²) in [7, 11) is 0. The fraction of sp³-hybridized carbons (Fsp3) is 0.300. The summed E-state index contributed by atoms with van der Waals surface area (Å²) < 4.78 is 13.2. The van der Waals surface area contributed by atoms with Crippen molar-refractivity contribution in [2.75, 3.05) is 0 Å². The van der Waals surface area contributed by atoms with Gasteiger partial charge in [-0.1, -0.05) is 6.07 Å². The van der Waals surface area contributed by atoms with Gasteiger partial charge in [0.1, 0.15) is 11.4 Å². The molecule has 2 rings (SSSR count). The zero-order chi connectivity index (χ0) is 10.3. The molecule has 1 aliphatic carbocycles. The summed E-state index contributed by atoms with van der Waals surface area (Å²) in [5.74, 6) is -1.94. The number of nitrogens with two attached hydrogens (primary N) is 1. The highest BCUT2D eigenvalue weighted by Crippen LogP contribution is 2.33. The van der Waals surface area contributed by atoms with Crippen LogP contribution >= 0.6 is 0 Å². The normalized spacial score (nSPS) is 19.4. The van der Waals surface area contributed by atoms with E-state index in [1.165, 1.54) is 6.07 Å². The van der Waals surface area contributed by atoms with Crippen molar-refractivity contribution in [3.63, 3.8) is 0 Å². The Morgan fingerprint density at radius 1 is 1.57 bits per heavy atom. The van der Waals surface area contributed by atoms with Crippen LogP contribution in [0.4, 0.5) is 4.39 Å². The lowest BCUT2D eigenvalue weighted by Crippen LogP contribution is -2.13. The Morgan fingerprint density at radius 3 is 2.93 bits per heavy atom. The highest BCUT2D eigenvalue weighted by atomic mass is 19.1. The molecule has 1 atom stereocenters. The maximum atomic E-state index is 13.2. The highest BCUT2D eigenvalue weighted by Gasteiger charge is 2.27. The Morgan fingerprint density at radius 2 is 2.29 bits per heavy atom. The number of aryl methyl sites for hydroxylation is 1. The molecule has 0 saturated carbocycles. The van der Waals surface area contributed by atoms with Gasteiger partial charge >= 0.3 is 5.97 Å². The van der Waals surface area contributed by atoms with Crippen LogP contribution in [0.1, 0.15) is 33.9 Å². The van der Waals surface area contributed by atoms with E-state index in [2.05, 4.69) is 0 Å². The fourth-order valence-electron chi connectivity index (χ4n) is 1.95.